The fourth-order valence-electron chi connectivity index (χ4n) is 2.10. The van der Waals surface area contributed by atoms with Crippen LogP contribution >= 0.6 is 0 Å². The van der Waals surface area contributed by atoms with E-state index in [0.29, 0.717) is 24.7 Å². The van der Waals surface area contributed by atoms with Gasteiger partial charge in [-0.25, -0.2) is 0 Å². The number of para-hydroxylation sites is 1. The summed E-state index contributed by atoms with van der Waals surface area (Å²) in [6.45, 7) is 1.01. The summed E-state index contributed by atoms with van der Waals surface area (Å²) in [7, 11) is 0. The number of aromatic hydroxyl groups is 1. The maximum atomic E-state index is 12.3. The van der Waals surface area contributed by atoms with Crippen LogP contribution in [0.1, 0.15) is 29.6 Å². The number of hydrogen-bond acceptors (Lipinski definition) is 3. The third-order valence-corrected chi connectivity index (χ3v) is 3.28. The van der Waals surface area contributed by atoms with E-state index < -0.39 is 0 Å². The molecule has 0 aromatic heterocycles. The highest BCUT2D eigenvalue weighted by Crippen LogP contribution is 2.27. The molecule has 4 nitrogen and oxygen atoms in total. The largest absolute Gasteiger partial charge is 0.507 e. The van der Waals surface area contributed by atoms with Crippen molar-refractivity contribution in [3.63, 3.8) is 0 Å². The number of nitrogens with two attached hydrogens (primary N) is 1. The lowest BCUT2D eigenvalue weighted by molar-refractivity contribution is 0.0586. The van der Waals surface area contributed by atoms with E-state index in [1.54, 1.807) is 23.1 Å². The Balaban J connectivity index is 2.18. The lowest BCUT2D eigenvalue weighted by Crippen LogP contribution is -2.46. The Hall–Kier alpha value is -1.55. The van der Waals surface area contributed by atoms with Crippen molar-refractivity contribution in [3.05, 3.63) is 29.8 Å². The summed E-state index contributed by atoms with van der Waals surface area (Å²) in [5.74, 6) is -0.0721. The van der Waals surface area contributed by atoms with Crippen LogP contribution in [0.4, 0.5) is 0 Å². The summed E-state index contributed by atoms with van der Waals surface area (Å²) >= 11 is 0. The number of amides is 1. The first kappa shape index (κ1) is 11.9. The standard InChI is InChI=1S/C13H18N2O2/c14-8-9-15(10-4-3-5-10)13(17)11-6-1-2-7-12(11)16/h1-2,6-7,10,16H,3-5,8-9,14H2. The third-order valence-electron chi connectivity index (χ3n) is 3.28. The molecule has 1 fully saturated rings. The topological polar surface area (TPSA) is 66.6 Å². The number of nitrogens with zero attached hydrogens (tertiary/aromatic N) is 1. The monoisotopic (exact) mass is 234 g/mol. The van der Waals surface area contributed by atoms with Crippen LogP contribution in [0, 0.1) is 0 Å². The van der Waals surface area contributed by atoms with Crippen molar-refractivity contribution >= 4 is 5.91 Å². The first-order valence-electron chi connectivity index (χ1n) is 6.03. The number of benzene rings is 1. The molecule has 17 heavy (non-hydrogen) atoms. The SMILES string of the molecule is NCCN(C(=O)c1ccccc1O)C1CCC1. The second-order valence-electron chi connectivity index (χ2n) is 4.39. The normalized spacial score (nSPS) is 15.4. The van der Waals surface area contributed by atoms with Crippen LogP contribution in [0.25, 0.3) is 0 Å². The molecule has 0 saturated heterocycles. The molecule has 0 atom stereocenters. The quantitative estimate of drug-likeness (QED) is 0.826. The molecule has 1 amide bonds. The molecule has 3 N–H and O–H groups in total. The molecule has 1 aromatic rings. The highest BCUT2D eigenvalue weighted by atomic mass is 16.3. The Morgan fingerprint density at radius 1 is 1.41 bits per heavy atom. The van der Waals surface area contributed by atoms with E-state index in [2.05, 4.69) is 0 Å². The molecular formula is C13H18N2O2. The predicted octanol–water partition coefficient (Wildman–Crippen LogP) is 1.35. The fraction of sp³-hybridized carbons (Fsp3) is 0.462. The Bertz CT molecular complexity index is 402. The van der Waals surface area contributed by atoms with Gasteiger partial charge in [-0.2, -0.15) is 0 Å². The van der Waals surface area contributed by atoms with Crippen LogP contribution in [0.3, 0.4) is 0 Å². The van der Waals surface area contributed by atoms with Gasteiger partial charge in [0.1, 0.15) is 5.75 Å². The highest BCUT2D eigenvalue weighted by molar-refractivity contribution is 5.97. The van der Waals surface area contributed by atoms with E-state index in [0.717, 1.165) is 12.8 Å². The zero-order valence-corrected chi connectivity index (χ0v) is 9.80. The molecule has 1 aromatic carbocycles. The minimum Gasteiger partial charge on any atom is -0.507 e. The van der Waals surface area contributed by atoms with E-state index in [1.165, 1.54) is 12.5 Å². The van der Waals surface area contributed by atoms with Gasteiger partial charge in [0.05, 0.1) is 5.56 Å². The molecule has 92 valence electrons. The molecule has 0 unspecified atom stereocenters. The fourth-order valence-corrected chi connectivity index (χ4v) is 2.10. The van der Waals surface area contributed by atoms with Gasteiger partial charge in [0, 0.05) is 19.1 Å². The van der Waals surface area contributed by atoms with Gasteiger partial charge in [-0.15, -0.1) is 0 Å². The molecule has 0 bridgehead atoms. The van der Waals surface area contributed by atoms with Gasteiger partial charge >= 0.3 is 0 Å². The van der Waals surface area contributed by atoms with Crippen LogP contribution in [0.15, 0.2) is 24.3 Å². The number of carbonyl (C=O) groups is 1. The molecule has 2 rings (SSSR count). The van der Waals surface area contributed by atoms with Crippen LogP contribution in [0.2, 0.25) is 0 Å². The van der Waals surface area contributed by atoms with Gasteiger partial charge in [-0.3, -0.25) is 4.79 Å². The molecular weight excluding hydrogens is 216 g/mol. The number of hydrogen-bond donors (Lipinski definition) is 2. The van der Waals surface area contributed by atoms with Gasteiger partial charge in [0.2, 0.25) is 0 Å². The maximum absolute atomic E-state index is 12.3. The molecule has 0 spiro atoms. The number of carbonyl (C=O) groups excluding carboxylic acids is 1. The third kappa shape index (κ3) is 2.42. The number of phenols is 1. The Morgan fingerprint density at radius 2 is 2.12 bits per heavy atom. The molecule has 1 aliphatic rings. The highest BCUT2D eigenvalue weighted by Gasteiger charge is 2.29. The van der Waals surface area contributed by atoms with Crippen LogP contribution in [-0.4, -0.2) is 35.0 Å². The first-order chi connectivity index (χ1) is 8.24. The Labute approximate surface area is 101 Å². The van der Waals surface area contributed by atoms with Crippen molar-refractivity contribution in [1.82, 2.24) is 4.90 Å². The average Bonchev–Trinajstić information content (AvgIpc) is 2.26. The van der Waals surface area contributed by atoms with Crippen molar-refractivity contribution < 1.29 is 9.90 Å². The van der Waals surface area contributed by atoms with Crippen molar-refractivity contribution in [2.75, 3.05) is 13.1 Å². The molecule has 1 saturated carbocycles. The maximum Gasteiger partial charge on any atom is 0.257 e. The van der Waals surface area contributed by atoms with Crippen LogP contribution in [-0.2, 0) is 0 Å². The molecule has 0 radical (unpaired) electrons. The Morgan fingerprint density at radius 3 is 2.65 bits per heavy atom. The lowest BCUT2D eigenvalue weighted by Gasteiger charge is -2.37. The van der Waals surface area contributed by atoms with E-state index in [-0.39, 0.29) is 11.7 Å². The van der Waals surface area contributed by atoms with Gasteiger partial charge < -0.3 is 15.7 Å². The lowest BCUT2D eigenvalue weighted by atomic mass is 9.91. The Kier molecular flexibility index (Phi) is 3.64. The summed E-state index contributed by atoms with van der Waals surface area (Å²) < 4.78 is 0. The number of rotatable bonds is 4. The summed E-state index contributed by atoms with van der Waals surface area (Å²) in [5, 5.41) is 9.69. The predicted molar refractivity (Wildman–Crippen MR) is 65.8 cm³/mol. The zero-order chi connectivity index (χ0) is 12.3. The zero-order valence-electron chi connectivity index (χ0n) is 9.80. The van der Waals surface area contributed by atoms with E-state index in [9.17, 15) is 9.90 Å². The number of phenolic OH excluding ortho intramolecular Hbond substituents is 1. The molecule has 1 aliphatic carbocycles. The van der Waals surface area contributed by atoms with Gasteiger partial charge in [0.15, 0.2) is 0 Å². The van der Waals surface area contributed by atoms with Crippen molar-refractivity contribution in [2.45, 2.75) is 25.3 Å². The summed E-state index contributed by atoms with van der Waals surface area (Å²) in [4.78, 5) is 14.1. The van der Waals surface area contributed by atoms with E-state index >= 15 is 0 Å². The minimum absolute atomic E-state index is 0.0406. The molecule has 4 heteroatoms. The van der Waals surface area contributed by atoms with Crippen LogP contribution < -0.4 is 5.73 Å². The second-order valence-corrected chi connectivity index (χ2v) is 4.39. The van der Waals surface area contributed by atoms with Gasteiger partial charge in [-0.05, 0) is 31.4 Å². The van der Waals surface area contributed by atoms with Crippen LogP contribution in [0.5, 0.6) is 5.75 Å². The van der Waals surface area contributed by atoms with Crippen molar-refractivity contribution in [2.24, 2.45) is 5.73 Å². The summed E-state index contributed by atoms with van der Waals surface area (Å²) in [6.07, 6.45) is 3.25. The summed E-state index contributed by atoms with van der Waals surface area (Å²) in [6, 6.07) is 6.96. The first-order valence-corrected chi connectivity index (χ1v) is 6.03. The van der Waals surface area contributed by atoms with E-state index in [1.807, 2.05) is 0 Å². The minimum atomic E-state index is -0.113. The van der Waals surface area contributed by atoms with E-state index in [4.69, 9.17) is 5.73 Å². The van der Waals surface area contributed by atoms with Crippen molar-refractivity contribution in [1.29, 1.82) is 0 Å². The second kappa shape index (κ2) is 5.19. The van der Waals surface area contributed by atoms with Gasteiger partial charge in [0.25, 0.3) is 5.91 Å². The average molecular weight is 234 g/mol. The smallest absolute Gasteiger partial charge is 0.257 e. The summed E-state index contributed by atoms with van der Waals surface area (Å²) in [5.41, 5.74) is 5.91. The van der Waals surface area contributed by atoms with Crippen molar-refractivity contribution in [3.8, 4) is 5.75 Å². The molecule has 0 heterocycles. The molecule has 0 aliphatic heterocycles. The van der Waals surface area contributed by atoms with Gasteiger partial charge in [-0.1, -0.05) is 12.1 Å².